The fraction of sp³-hybridized carbons (Fsp3) is 0.435. The van der Waals surface area contributed by atoms with E-state index in [1.807, 2.05) is 42.7 Å². The van der Waals surface area contributed by atoms with Crippen molar-refractivity contribution in [1.82, 2.24) is 4.31 Å². The maximum absolute atomic E-state index is 13.0. The van der Waals surface area contributed by atoms with E-state index >= 15 is 0 Å². The summed E-state index contributed by atoms with van der Waals surface area (Å²) in [7, 11) is -3.54. The van der Waals surface area contributed by atoms with E-state index in [2.05, 4.69) is 26.1 Å². The highest BCUT2D eigenvalue weighted by Crippen LogP contribution is 2.28. The van der Waals surface area contributed by atoms with Gasteiger partial charge in [0.25, 0.3) is 0 Å². The number of thioether (sulfide) groups is 1. The first-order valence-electron chi connectivity index (χ1n) is 10.2. The Morgan fingerprint density at radius 3 is 2.27 bits per heavy atom. The van der Waals surface area contributed by atoms with Gasteiger partial charge in [-0.05, 0) is 60.4 Å². The predicted molar refractivity (Wildman–Crippen MR) is 123 cm³/mol. The number of benzene rings is 2. The van der Waals surface area contributed by atoms with Gasteiger partial charge in [0.1, 0.15) is 0 Å². The van der Waals surface area contributed by atoms with Crippen molar-refractivity contribution in [3.63, 3.8) is 0 Å². The molecule has 2 aromatic rings. The fourth-order valence-electron chi connectivity index (χ4n) is 3.58. The maximum Gasteiger partial charge on any atom is 0.243 e. The zero-order valence-corrected chi connectivity index (χ0v) is 19.6. The van der Waals surface area contributed by atoms with Crippen molar-refractivity contribution in [3.05, 3.63) is 54.1 Å². The first kappa shape index (κ1) is 22.8. The first-order chi connectivity index (χ1) is 14.1. The Labute approximate surface area is 184 Å². The molecule has 7 heteroatoms. The van der Waals surface area contributed by atoms with Gasteiger partial charge in [-0.25, -0.2) is 8.42 Å². The summed E-state index contributed by atoms with van der Waals surface area (Å²) in [6.07, 6.45) is 3.04. The lowest BCUT2D eigenvalue weighted by atomic mass is 9.87. The highest BCUT2D eigenvalue weighted by Gasteiger charge is 2.32. The van der Waals surface area contributed by atoms with Crippen LogP contribution < -0.4 is 5.32 Å². The molecule has 1 fully saturated rings. The van der Waals surface area contributed by atoms with Crippen molar-refractivity contribution < 1.29 is 13.2 Å². The van der Waals surface area contributed by atoms with Crippen LogP contribution in [0.5, 0.6) is 0 Å². The van der Waals surface area contributed by atoms with E-state index in [9.17, 15) is 13.2 Å². The molecule has 3 rings (SSSR count). The second kappa shape index (κ2) is 9.12. The largest absolute Gasteiger partial charge is 0.326 e. The molecule has 0 aromatic heterocycles. The SMILES string of the molecule is CSc1cccc(NC(=O)C2CCN(S(=O)(=O)c3ccc(C(C)(C)C)cc3)CC2)c1. The number of anilines is 1. The maximum atomic E-state index is 13.0. The summed E-state index contributed by atoms with van der Waals surface area (Å²) in [4.78, 5) is 14.0. The highest BCUT2D eigenvalue weighted by molar-refractivity contribution is 7.98. The van der Waals surface area contributed by atoms with E-state index in [0.717, 1.165) is 16.1 Å². The monoisotopic (exact) mass is 446 g/mol. The molecule has 1 aliphatic heterocycles. The number of carbonyl (C=O) groups excluding carboxylic acids is 1. The van der Waals surface area contributed by atoms with Gasteiger partial charge >= 0.3 is 0 Å². The number of hydrogen-bond donors (Lipinski definition) is 1. The lowest BCUT2D eigenvalue weighted by molar-refractivity contribution is -0.120. The molecule has 1 aliphatic rings. The molecule has 2 aromatic carbocycles. The number of hydrogen-bond acceptors (Lipinski definition) is 4. The van der Waals surface area contributed by atoms with Gasteiger partial charge in [-0.1, -0.05) is 39.0 Å². The second-order valence-electron chi connectivity index (χ2n) is 8.67. The topological polar surface area (TPSA) is 66.5 Å². The molecular weight excluding hydrogens is 416 g/mol. The second-order valence-corrected chi connectivity index (χ2v) is 11.5. The first-order valence-corrected chi connectivity index (χ1v) is 12.8. The summed E-state index contributed by atoms with van der Waals surface area (Å²) < 4.78 is 27.5. The van der Waals surface area contributed by atoms with Crippen LogP contribution in [0.15, 0.2) is 58.3 Å². The summed E-state index contributed by atoms with van der Waals surface area (Å²) in [5.41, 5.74) is 1.85. The molecular formula is C23H30N2O3S2. The molecule has 0 radical (unpaired) electrons. The van der Waals surface area contributed by atoms with Crippen molar-refractivity contribution in [1.29, 1.82) is 0 Å². The Kier molecular flexibility index (Phi) is 6.95. The number of carbonyl (C=O) groups is 1. The van der Waals surface area contributed by atoms with Gasteiger partial charge in [0.05, 0.1) is 4.90 Å². The van der Waals surface area contributed by atoms with Crippen LogP contribution in [0.25, 0.3) is 0 Å². The van der Waals surface area contributed by atoms with Crippen LogP contribution in [0.2, 0.25) is 0 Å². The van der Waals surface area contributed by atoms with Crippen LogP contribution in [0.4, 0.5) is 5.69 Å². The summed E-state index contributed by atoms with van der Waals surface area (Å²) in [5, 5.41) is 2.97. The molecule has 0 saturated carbocycles. The van der Waals surface area contributed by atoms with Gasteiger partial charge in [-0.2, -0.15) is 4.31 Å². The van der Waals surface area contributed by atoms with Crippen molar-refractivity contribution in [2.24, 2.45) is 5.92 Å². The number of amides is 1. The number of rotatable bonds is 5. The molecule has 1 heterocycles. The molecule has 5 nitrogen and oxygen atoms in total. The molecule has 0 bridgehead atoms. The molecule has 0 aliphatic carbocycles. The van der Waals surface area contributed by atoms with Crippen LogP contribution in [-0.2, 0) is 20.2 Å². The average Bonchev–Trinajstić information content (AvgIpc) is 2.73. The minimum Gasteiger partial charge on any atom is -0.326 e. The minimum absolute atomic E-state index is 0.0245. The van der Waals surface area contributed by atoms with Crippen molar-refractivity contribution in [2.75, 3.05) is 24.7 Å². The lowest BCUT2D eigenvalue weighted by Crippen LogP contribution is -2.41. The van der Waals surface area contributed by atoms with Gasteiger partial charge < -0.3 is 5.32 Å². The third kappa shape index (κ3) is 5.25. The predicted octanol–water partition coefficient (Wildman–Crippen LogP) is 4.75. The molecule has 30 heavy (non-hydrogen) atoms. The smallest absolute Gasteiger partial charge is 0.243 e. The van der Waals surface area contributed by atoms with Crippen molar-refractivity contribution in [3.8, 4) is 0 Å². The lowest BCUT2D eigenvalue weighted by Gasteiger charge is -2.30. The summed E-state index contributed by atoms with van der Waals surface area (Å²) >= 11 is 1.62. The summed E-state index contributed by atoms with van der Waals surface area (Å²) in [5.74, 6) is -0.225. The summed E-state index contributed by atoms with van der Waals surface area (Å²) in [6.45, 7) is 7.01. The highest BCUT2D eigenvalue weighted by atomic mass is 32.2. The molecule has 162 valence electrons. The zero-order chi connectivity index (χ0) is 21.9. The van der Waals surface area contributed by atoms with Gasteiger partial charge in [0.2, 0.25) is 15.9 Å². The van der Waals surface area contributed by atoms with E-state index in [1.165, 1.54) is 4.31 Å². The Morgan fingerprint density at radius 2 is 1.70 bits per heavy atom. The Balaban J connectivity index is 1.62. The minimum atomic E-state index is -3.54. The van der Waals surface area contributed by atoms with Crippen LogP contribution in [0.1, 0.15) is 39.2 Å². The fourth-order valence-corrected chi connectivity index (χ4v) is 5.51. The van der Waals surface area contributed by atoms with E-state index in [-0.39, 0.29) is 17.2 Å². The third-order valence-corrected chi connectivity index (χ3v) is 8.16. The van der Waals surface area contributed by atoms with Gasteiger partial charge in [-0.3, -0.25) is 4.79 Å². The number of nitrogens with zero attached hydrogens (tertiary/aromatic N) is 1. The Bertz CT molecular complexity index is 988. The van der Waals surface area contributed by atoms with Crippen molar-refractivity contribution in [2.45, 2.75) is 48.8 Å². The van der Waals surface area contributed by atoms with Gasteiger partial charge in [0, 0.05) is 29.6 Å². The number of nitrogens with one attached hydrogen (secondary N) is 1. The van der Waals surface area contributed by atoms with Crippen molar-refractivity contribution >= 4 is 33.4 Å². The molecule has 1 saturated heterocycles. The zero-order valence-electron chi connectivity index (χ0n) is 18.0. The Hall–Kier alpha value is -1.83. The molecule has 0 atom stereocenters. The molecule has 1 N–H and O–H groups in total. The molecule has 0 unspecified atom stereocenters. The van der Waals surface area contributed by atoms with Crippen LogP contribution in [-0.4, -0.2) is 38.0 Å². The van der Waals surface area contributed by atoms with Gasteiger partial charge in [-0.15, -0.1) is 11.8 Å². The standard InChI is InChI=1S/C23H30N2O3S2/c1-23(2,3)18-8-10-21(11-9-18)30(27,28)25-14-12-17(13-15-25)22(26)24-19-6-5-7-20(16-19)29-4/h5-11,16-17H,12-15H2,1-4H3,(H,24,26). The number of piperidine rings is 1. The van der Waals surface area contributed by atoms with Crippen LogP contribution in [0.3, 0.4) is 0 Å². The van der Waals surface area contributed by atoms with E-state index < -0.39 is 10.0 Å². The quantitative estimate of drug-likeness (QED) is 0.674. The Morgan fingerprint density at radius 1 is 1.07 bits per heavy atom. The van der Waals surface area contributed by atoms with E-state index in [4.69, 9.17) is 0 Å². The van der Waals surface area contributed by atoms with Crippen LogP contribution >= 0.6 is 11.8 Å². The normalized spacial score (nSPS) is 16.4. The number of sulfonamides is 1. The third-order valence-electron chi connectivity index (χ3n) is 5.52. The van der Waals surface area contributed by atoms with Gasteiger partial charge in [0.15, 0.2) is 0 Å². The average molecular weight is 447 g/mol. The molecule has 1 amide bonds. The van der Waals surface area contributed by atoms with Crippen LogP contribution in [0, 0.1) is 5.92 Å². The molecule has 0 spiro atoms. The van der Waals surface area contributed by atoms with E-state index in [1.54, 1.807) is 23.9 Å². The van der Waals surface area contributed by atoms with E-state index in [0.29, 0.717) is 30.8 Å². The summed E-state index contributed by atoms with van der Waals surface area (Å²) in [6, 6.07) is 14.9.